The summed E-state index contributed by atoms with van der Waals surface area (Å²) in [5.74, 6) is 1.87. The number of anilines is 1. The maximum absolute atomic E-state index is 6.22. The average molecular weight is 267 g/mol. The fourth-order valence-electron chi connectivity index (χ4n) is 2.94. The van der Waals surface area contributed by atoms with Crippen LogP contribution >= 0.6 is 0 Å². The van der Waals surface area contributed by atoms with Crippen LogP contribution in [0.5, 0.6) is 11.5 Å². The molecule has 2 atom stereocenters. The van der Waals surface area contributed by atoms with Crippen molar-refractivity contribution >= 4 is 5.69 Å². The van der Waals surface area contributed by atoms with Crippen LogP contribution in [0.4, 0.5) is 5.69 Å². The fraction of sp³-hybridized carbons (Fsp3) is 0.294. The quantitative estimate of drug-likeness (QED) is 0.857. The van der Waals surface area contributed by atoms with Crippen LogP contribution < -0.4 is 14.8 Å². The van der Waals surface area contributed by atoms with E-state index < -0.39 is 0 Å². The minimum atomic E-state index is 0.0277. The van der Waals surface area contributed by atoms with Crippen molar-refractivity contribution in [2.75, 3.05) is 11.9 Å². The van der Waals surface area contributed by atoms with Gasteiger partial charge in [0.15, 0.2) is 6.10 Å². The Morgan fingerprint density at radius 3 is 2.95 bits per heavy atom. The number of hydrogen-bond donors (Lipinski definition) is 1. The molecular formula is C17H17NO2. The summed E-state index contributed by atoms with van der Waals surface area (Å²) in [4.78, 5) is 0. The number of para-hydroxylation sites is 1. The molecule has 2 unspecified atom stereocenters. The molecule has 4 rings (SSSR count). The molecule has 3 heteroatoms. The minimum absolute atomic E-state index is 0.0277. The van der Waals surface area contributed by atoms with Crippen LogP contribution in [0.2, 0.25) is 0 Å². The smallest absolute Gasteiger partial charge is 0.151 e. The Morgan fingerprint density at radius 1 is 1.15 bits per heavy atom. The van der Waals surface area contributed by atoms with E-state index in [2.05, 4.69) is 36.5 Å². The lowest BCUT2D eigenvalue weighted by molar-refractivity contribution is 0.112. The first-order valence-corrected chi connectivity index (χ1v) is 7.13. The molecule has 0 amide bonds. The van der Waals surface area contributed by atoms with Crippen LogP contribution in [0, 0.1) is 0 Å². The van der Waals surface area contributed by atoms with Gasteiger partial charge < -0.3 is 14.8 Å². The zero-order chi connectivity index (χ0) is 13.5. The van der Waals surface area contributed by atoms with Gasteiger partial charge in [-0.1, -0.05) is 31.2 Å². The number of rotatable bonds is 1. The van der Waals surface area contributed by atoms with Crippen molar-refractivity contribution in [3.05, 3.63) is 53.6 Å². The van der Waals surface area contributed by atoms with Gasteiger partial charge in [-0.3, -0.25) is 0 Å². The predicted octanol–water partition coefficient (Wildman–Crippen LogP) is 3.56. The molecule has 0 aliphatic carbocycles. The summed E-state index contributed by atoms with van der Waals surface area (Å²) in [7, 11) is 0. The second-order valence-electron chi connectivity index (χ2n) is 5.32. The summed E-state index contributed by atoms with van der Waals surface area (Å²) < 4.78 is 12.0. The van der Waals surface area contributed by atoms with E-state index in [1.165, 1.54) is 5.56 Å². The maximum Gasteiger partial charge on any atom is 0.151 e. The summed E-state index contributed by atoms with van der Waals surface area (Å²) >= 11 is 0. The second kappa shape index (κ2) is 4.44. The highest BCUT2D eigenvalue weighted by Gasteiger charge is 2.36. The van der Waals surface area contributed by atoms with Crippen molar-refractivity contribution in [3.63, 3.8) is 0 Å². The first-order chi connectivity index (χ1) is 9.85. The van der Waals surface area contributed by atoms with Crippen LogP contribution in [-0.2, 0) is 6.42 Å². The van der Waals surface area contributed by atoms with Gasteiger partial charge >= 0.3 is 0 Å². The molecule has 0 aromatic heterocycles. The van der Waals surface area contributed by atoms with E-state index in [1.807, 2.05) is 18.2 Å². The van der Waals surface area contributed by atoms with Crippen LogP contribution in [0.15, 0.2) is 42.5 Å². The van der Waals surface area contributed by atoms with Gasteiger partial charge in [0.05, 0.1) is 5.69 Å². The SMILES string of the molecule is CCc1ccc2c(c1)NC1COc3ccccc3C1O2. The van der Waals surface area contributed by atoms with Crippen molar-refractivity contribution in [2.45, 2.75) is 25.5 Å². The van der Waals surface area contributed by atoms with E-state index in [0.717, 1.165) is 29.2 Å². The fourth-order valence-corrected chi connectivity index (χ4v) is 2.94. The normalized spacial score (nSPS) is 22.4. The van der Waals surface area contributed by atoms with Crippen LogP contribution in [-0.4, -0.2) is 12.6 Å². The Morgan fingerprint density at radius 2 is 2.05 bits per heavy atom. The molecule has 2 aromatic rings. The van der Waals surface area contributed by atoms with Gasteiger partial charge in [-0.2, -0.15) is 0 Å². The highest BCUT2D eigenvalue weighted by atomic mass is 16.5. The van der Waals surface area contributed by atoms with Gasteiger partial charge in [-0.05, 0) is 30.2 Å². The molecule has 102 valence electrons. The van der Waals surface area contributed by atoms with Crippen molar-refractivity contribution in [3.8, 4) is 11.5 Å². The molecule has 2 heterocycles. The third-order valence-electron chi connectivity index (χ3n) is 4.06. The Bertz CT molecular complexity index is 653. The zero-order valence-corrected chi connectivity index (χ0v) is 11.4. The minimum Gasteiger partial charge on any atom is -0.491 e. The average Bonchev–Trinajstić information content (AvgIpc) is 2.52. The molecular weight excluding hydrogens is 250 g/mol. The number of aryl methyl sites for hydroxylation is 1. The summed E-state index contributed by atoms with van der Waals surface area (Å²) in [6, 6.07) is 14.7. The number of hydrogen-bond acceptors (Lipinski definition) is 3. The zero-order valence-electron chi connectivity index (χ0n) is 11.4. The molecule has 0 radical (unpaired) electrons. The molecule has 0 saturated carbocycles. The van der Waals surface area contributed by atoms with Crippen LogP contribution in [0.25, 0.3) is 0 Å². The van der Waals surface area contributed by atoms with Crippen LogP contribution in [0.1, 0.15) is 24.2 Å². The topological polar surface area (TPSA) is 30.5 Å². The van der Waals surface area contributed by atoms with E-state index in [1.54, 1.807) is 0 Å². The van der Waals surface area contributed by atoms with Gasteiger partial charge in [0.1, 0.15) is 24.1 Å². The van der Waals surface area contributed by atoms with Crippen molar-refractivity contribution < 1.29 is 9.47 Å². The van der Waals surface area contributed by atoms with Crippen molar-refractivity contribution in [2.24, 2.45) is 0 Å². The van der Waals surface area contributed by atoms with Crippen molar-refractivity contribution in [1.82, 2.24) is 0 Å². The monoisotopic (exact) mass is 267 g/mol. The molecule has 0 saturated heterocycles. The summed E-state index contributed by atoms with van der Waals surface area (Å²) in [5.41, 5.74) is 3.52. The Kier molecular flexibility index (Phi) is 2.59. The van der Waals surface area contributed by atoms with Gasteiger partial charge in [-0.15, -0.1) is 0 Å². The number of ether oxygens (including phenoxy) is 2. The first kappa shape index (κ1) is 11.6. The lowest BCUT2D eigenvalue weighted by Gasteiger charge is -2.39. The third kappa shape index (κ3) is 1.73. The number of benzene rings is 2. The molecule has 1 N–H and O–H groups in total. The summed E-state index contributed by atoms with van der Waals surface area (Å²) in [6.07, 6.45) is 1.06. The molecule has 0 fully saturated rings. The molecule has 0 spiro atoms. The Labute approximate surface area is 118 Å². The van der Waals surface area contributed by atoms with Gasteiger partial charge in [0.25, 0.3) is 0 Å². The van der Waals surface area contributed by atoms with Crippen molar-refractivity contribution in [1.29, 1.82) is 0 Å². The Hall–Kier alpha value is -2.16. The largest absolute Gasteiger partial charge is 0.491 e. The summed E-state index contributed by atoms with van der Waals surface area (Å²) in [6.45, 7) is 2.80. The summed E-state index contributed by atoms with van der Waals surface area (Å²) in [5, 5.41) is 3.56. The molecule has 3 nitrogen and oxygen atoms in total. The molecule has 20 heavy (non-hydrogen) atoms. The maximum atomic E-state index is 6.22. The van der Waals surface area contributed by atoms with Gasteiger partial charge in [0, 0.05) is 5.56 Å². The highest BCUT2D eigenvalue weighted by Crippen LogP contribution is 2.42. The lowest BCUT2D eigenvalue weighted by Crippen LogP contribution is -2.42. The standard InChI is InChI=1S/C17H17NO2/c1-2-11-7-8-16-13(9-11)18-14-10-19-15-6-4-3-5-12(15)17(14)20-16/h3-9,14,17-18H,2,10H2,1H3. The van der Waals surface area contributed by atoms with E-state index >= 15 is 0 Å². The van der Waals surface area contributed by atoms with E-state index in [-0.39, 0.29) is 12.1 Å². The van der Waals surface area contributed by atoms with Crippen LogP contribution in [0.3, 0.4) is 0 Å². The van der Waals surface area contributed by atoms with Gasteiger partial charge in [-0.25, -0.2) is 0 Å². The van der Waals surface area contributed by atoms with E-state index in [4.69, 9.17) is 9.47 Å². The lowest BCUT2D eigenvalue weighted by atomic mass is 9.96. The van der Waals surface area contributed by atoms with E-state index in [0.29, 0.717) is 6.61 Å². The number of fused-ring (bicyclic) bond motifs is 4. The predicted molar refractivity (Wildman–Crippen MR) is 78.5 cm³/mol. The Balaban J connectivity index is 1.74. The molecule has 2 aromatic carbocycles. The highest BCUT2D eigenvalue weighted by molar-refractivity contribution is 5.61. The van der Waals surface area contributed by atoms with E-state index in [9.17, 15) is 0 Å². The molecule has 2 aliphatic heterocycles. The molecule has 2 aliphatic rings. The molecule has 0 bridgehead atoms. The second-order valence-corrected chi connectivity index (χ2v) is 5.32. The van der Waals surface area contributed by atoms with Gasteiger partial charge in [0.2, 0.25) is 0 Å². The number of nitrogens with one attached hydrogen (secondary N) is 1. The third-order valence-corrected chi connectivity index (χ3v) is 4.06. The first-order valence-electron chi connectivity index (χ1n) is 7.13.